The van der Waals surface area contributed by atoms with Crippen LogP contribution in [0.15, 0.2) is 122 Å². The molecule has 9 nitrogen and oxygen atoms in total. The zero-order valence-electron chi connectivity index (χ0n) is 56.5. The summed E-state index contributed by atoms with van der Waals surface area (Å²) in [5.41, 5.74) is 0. The highest BCUT2D eigenvalue weighted by Gasteiger charge is 2.30. The molecule has 0 aliphatic carbocycles. The third-order valence-corrected chi connectivity index (χ3v) is 16.1. The maximum Gasteiger partial charge on any atom is 0.472 e. The predicted molar refractivity (Wildman–Crippen MR) is 373 cm³/mol. The quantitative estimate of drug-likeness (QED) is 0.0205. The van der Waals surface area contributed by atoms with Crippen molar-refractivity contribution in [1.82, 2.24) is 5.32 Å². The molecule has 3 atom stereocenters. The Labute approximate surface area is 531 Å². The molecule has 1 amide bonds. The number of ether oxygens (including phenoxy) is 1. The van der Waals surface area contributed by atoms with Gasteiger partial charge in [-0.15, -0.1) is 0 Å². The van der Waals surface area contributed by atoms with E-state index in [1.807, 2.05) is 33.3 Å². The Bertz CT molecular complexity index is 1890. The number of carbonyl (C=O) groups excluding carboxylic acids is 2. The highest BCUT2D eigenvalue weighted by atomic mass is 31.2. The molecule has 0 aliphatic rings. The van der Waals surface area contributed by atoms with Crippen molar-refractivity contribution in [2.75, 3.05) is 40.9 Å². The van der Waals surface area contributed by atoms with Crippen molar-refractivity contribution in [2.45, 2.75) is 309 Å². The van der Waals surface area contributed by atoms with E-state index in [0.717, 1.165) is 103 Å². The van der Waals surface area contributed by atoms with E-state index in [-0.39, 0.29) is 37.9 Å². The Morgan fingerprint density at radius 1 is 0.419 bits per heavy atom. The molecule has 10 heteroatoms. The molecule has 2 N–H and O–H groups in total. The number of hydrogen-bond donors (Lipinski definition) is 2. The average molecular weight is 1220 g/mol. The normalized spacial score (nSPS) is 14.3. The van der Waals surface area contributed by atoms with Crippen LogP contribution < -0.4 is 5.32 Å². The largest absolute Gasteiger partial charge is 0.472 e. The summed E-state index contributed by atoms with van der Waals surface area (Å²) in [6, 6.07) is -0.880. The maximum atomic E-state index is 13.6. The van der Waals surface area contributed by atoms with E-state index in [1.165, 1.54) is 154 Å². The summed E-state index contributed by atoms with van der Waals surface area (Å²) < 4.78 is 30.8. The minimum Gasteiger partial charge on any atom is -0.456 e. The third-order valence-electron chi connectivity index (χ3n) is 15.1. The summed E-state index contributed by atoms with van der Waals surface area (Å²) in [6.07, 6.45) is 90.7. The van der Waals surface area contributed by atoms with Crippen LogP contribution in [0.4, 0.5) is 0 Å². The molecule has 86 heavy (non-hydrogen) atoms. The number of carbonyl (C=O) groups is 2. The fourth-order valence-electron chi connectivity index (χ4n) is 9.72. The standard InChI is InChI=1S/C76H133N2O7P/c1-7-10-13-16-19-22-25-28-30-32-34-36-37-38-39-40-41-43-45-47-49-51-54-57-60-63-66-69-76(80)85-74(67-64-61-58-55-52-27-24-21-18-15-12-9-3)73(72-84-86(81,82)83-71-70-78(4,5)6)77-75(79)68-65-62-59-56-53-50-48-46-44-42-35-33-31-29-26-23-20-17-14-11-8-2/h11,14,19-20,22-23,28-31,34-36,42,46,48,53,56,64,67,73-74H,7-10,12-13,15-18,21,24-27,32-33,37-41,43-45,47,49-52,54-55,57-63,65-66,68-72H2,1-6H3,(H-,77,79,81,82)/p+1/b14-11-,22-19-,23-20-,30-28-,31-29-,36-34-,42-35-,48-46-,56-53-,67-64-. The lowest BCUT2D eigenvalue weighted by Gasteiger charge is -2.27. The average Bonchev–Trinajstić information content (AvgIpc) is 3.66. The van der Waals surface area contributed by atoms with Crippen molar-refractivity contribution < 1.29 is 37.3 Å². The second-order valence-electron chi connectivity index (χ2n) is 24.7. The topological polar surface area (TPSA) is 111 Å². The van der Waals surface area contributed by atoms with E-state index >= 15 is 0 Å². The number of nitrogens with one attached hydrogen (secondary N) is 1. The number of phosphoric acid groups is 1. The summed E-state index contributed by atoms with van der Waals surface area (Å²) in [4.78, 5) is 37.9. The Kier molecular flexibility index (Phi) is 61.7. The van der Waals surface area contributed by atoms with Crippen LogP contribution in [0.25, 0.3) is 0 Å². The Hall–Kier alpha value is -3.59. The molecule has 0 aliphatic heterocycles. The number of phosphoric ester groups is 1. The van der Waals surface area contributed by atoms with Crippen LogP contribution in [-0.2, 0) is 27.9 Å². The molecule has 0 radical (unpaired) electrons. The Balaban J connectivity index is 5.13. The van der Waals surface area contributed by atoms with Gasteiger partial charge in [0.1, 0.15) is 19.3 Å². The number of allylic oxidation sites excluding steroid dienone is 19. The van der Waals surface area contributed by atoms with Crippen LogP contribution in [0.1, 0.15) is 297 Å². The number of hydrogen-bond acceptors (Lipinski definition) is 6. The van der Waals surface area contributed by atoms with Crippen LogP contribution >= 0.6 is 7.82 Å². The van der Waals surface area contributed by atoms with E-state index in [1.54, 1.807) is 0 Å². The molecule has 0 aromatic rings. The second kappa shape index (κ2) is 64.4. The maximum absolute atomic E-state index is 13.6. The Morgan fingerprint density at radius 3 is 1.15 bits per heavy atom. The molecular formula is C76H134N2O7P+. The highest BCUT2D eigenvalue weighted by Crippen LogP contribution is 2.43. The van der Waals surface area contributed by atoms with E-state index < -0.39 is 20.0 Å². The number of unbranched alkanes of at least 4 members (excludes halogenated alkanes) is 29. The third kappa shape index (κ3) is 64.9. The van der Waals surface area contributed by atoms with Gasteiger partial charge >= 0.3 is 13.8 Å². The van der Waals surface area contributed by atoms with Gasteiger partial charge in [0.25, 0.3) is 0 Å². The van der Waals surface area contributed by atoms with Crippen molar-refractivity contribution in [1.29, 1.82) is 0 Å². The summed E-state index contributed by atoms with van der Waals surface area (Å²) in [7, 11) is 1.46. The summed E-state index contributed by atoms with van der Waals surface area (Å²) in [5, 5.41) is 3.04. The monoisotopic (exact) mass is 1220 g/mol. The minimum atomic E-state index is -4.47. The fourth-order valence-corrected chi connectivity index (χ4v) is 10.5. The first kappa shape index (κ1) is 82.4. The molecule has 0 saturated heterocycles. The molecular weight excluding hydrogens is 1080 g/mol. The zero-order chi connectivity index (χ0) is 62.8. The summed E-state index contributed by atoms with van der Waals surface area (Å²) >= 11 is 0. The first-order valence-electron chi connectivity index (χ1n) is 35.4. The SMILES string of the molecule is CC/C=C\C/C=C\C/C=C\C/C=C\C/C=C\C/C=C\CCCCC(=O)NC(COP(=O)(O)OCC[N+](C)(C)C)C(/C=C\CCCCCCCCCCCC)OC(=O)CCCCCCCCCCCCCCCC/C=C\C/C=C\C/C=C\CCCCC. The first-order valence-corrected chi connectivity index (χ1v) is 36.9. The molecule has 0 heterocycles. The molecule has 0 aromatic heterocycles. The van der Waals surface area contributed by atoms with E-state index in [0.29, 0.717) is 17.4 Å². The lowest BCUT2D eigenvalue weighted by molar-refractivity contribution is -0.870. The molecule has 3 unspecified atom stereocenters. The first-order chi connectivity index (χ1) is 41.9. The van der Waals surface area contributed by atoms with Crippen LogP contribution in [-0.4, -0.2) is 74.3 Å². The van der Waals surface area contributed by atoms with Crippen LogP contribution in [0.2, 0.25) is 0 Å². The number of esters is 1. The van der Waals surface area contributed by atoms with Crippen molar-refractivity contribution >= 4 is 19.7 Å². The second-order valence-corrected chi connectivity index (χ2v) is 26.1. The number of nitrogens with zero attached hydrogens (tertiary/aromatic N) is 1. The van der Waals surface area contributed by atoms with Crippen molar-refractivity contribution in [3.05, 3.63) is 122 Å². The van der Waals surface area contributed by atoms with Crippen molar-refractivity contribution in [2.24, 2.45) is 0 Å². The van der Waals surface area contributed by atoms with Gasteiger partial charge in [-0.25, -0.2) is 4.57 Å². The fraction of sp³-hybridized carbons (Fsp3) is 0.711. The Morgan fingerprint density at radius 2 is 0.744 bits per heavy atom. The van der Waals surface area contributed by atoms with Gasteiger partial charge in [-0.2, -0.15) is 0 Å². The minimum absolute atomic E-state index is 0.0261. The van der Waals surface area contributed by atoms with Gasteiger partial charge in [0, 0.05) is 12.8 Å². The smallest absolute Gasteiger partial charge is 0.456 e. The van der Waals surface area contributed by atoms with E-state index in [2.05, 4.69) is 135 Å². The van der Waals surface area contributed by atoms with Gasteiger partial charge in [-0.05, 0) is 122 Å². The molecule has 0 spiro atoms. The van der Waals surface area contributed by atoms with E-state index in [4.69, 9.17) is 13.8 Å². The van der Waals surface area contributed by atoms with E-state index in [9.17, 15) is 19.0 Å². The van der Waals surface area contributed by atoms with Gasteiger partial charge in [-0.3, -0.25) is 18.6 Å². The zero-order valence-corrected chi connectivity index (χ0v) is 57.4. The molecule has 494 valence electrons. The van der Waals surface area contributed by atoms with Crippen molar-refractivity contribution in [3.8, 4) is 0 Å². The predicted octanol–water partition coefficient (Wildman–Crippen LogP) is 22.6. The summed E-state index contributed by atoms with van der Waals surface area (Å²) in [5.74, 6) is -0.557. The van der Waals surface area contributed by atoms with Gasteiger partial charge in [-0.1, -0.05) is 284 Å². The lowest BCUT2D eigenvalue weighted by Crippen LogP contribution is -2.47. The molecule has 0 aromatic carbocycles. The number of quaternary nitrogens is 1. The molecule has 0 saturated carbocycles. The number of likely N-dealkylation sites (N-methyl/N-ethyl adjacent to an activating group) is 1. The molecule has 0 bridgehead atoms. The number of rotatable bonds is 63. The van der Waals surface area contributed by atoms with Crippen LogP contribution in [0.5, 0.6) is 0 Å². The van der Waals surface area contributed by atoms with Gasteiger partial charge < -0.3 is 19.4 Å². The number of amides is 1. The van der Waals surface area contributed by atoms with Gasteiger partial charge in [0.2, 0.25) is 5.91 Å². The molecule has 0 rings (SSSR count). The lowest BCUT2D eigenvalue weighted by atomic mass is 10.0. The van der Waals surface area contributed by atoms with Crippen LogP contribution in [0.3, 0.4) is 0 Å². The summed E-state index contributed by atoms with van der Waals surface area (Å²) in [6.45, 7) is 6.84. The van der Waals surface area contributed by atoms with Gasteiger partial charge in [0.15, 0.2) is 0 Å². The highest BCUT2D eigenvalue weighted by molar-refractivity contribution is 7.47. The van der Waals surface area contributed by atoms with Crippen LogP contribution in [0, 0.1) is 0 Å². The molecule has 0 fully saturated rings. The van der Waals surface area contributed by atoms with Crippen molar-refractivity contribution in [3.63, 3.8) is 0 Å². The van der Waals surface area contributed by atoms with Gasteiger partial charge in [0.05, 0.1) is 33.8 Å².